The largest absolute Gasteiger partial charge is 0.398 e. The number of nitrogens with two attached hydrogens (primary N) is 1. The highest BCUT2D eigenvalue weighted by molar-refractivity contribution is 5.92. The molecule has 1 fully saturated rings. The van der Waals surface area contributed by atoms with Crippen molar-refractivity contribution in [3.63, 3.8) is 0 Å². The fraction of sp³-hybridized carbons (Fsp3) is 0.500. The molecule has 104 valence electrons. The Morgan fingerprint density at radius 3 is 3.11 bits per heavy atom. The van der Waals surface area contributed by atoms with E-state index in [1.54, 1.807) is 6.07 Å². The molecular weight excluding hydrogens is 244 g/mol. The van der Waals surface area contributed by atoms with Crippen LogP contribution in [0.25, 0.3) is 0 Å². The number of carbonyl (C=O) groups excluding carboxylic acids is 1. The van der Waals surface area contributed by atoms with E-state index in [1.807, 2.05) is 19.1 Å². The minimum atomic E-state index is -0.179. The maximum atomic E-state index is 11.7. The number of rotatable bonds is 5. The molecule has 1 unspecified atom stereocenters. The van der Waals surface area contributed by atoms with Gasteiger partial charge in [0.25, 0.3) is 0 Å². The number of amides is 1. The average Bonchev–Trinajstić information content (AvgIpc) is 2.87. The summed E-state index contributed by atoms with van der Waals surface area (Å²) in [6.07, 6.45) is 2.22. The first kappa shape index (κ1) is 13.8. The molecule has 1 aliphatic heterocycles. The molecule has 1 heterocycles. The number of aryl methyl sites for hydroxylation is 1. The summed E-state index contributed by atoms with van der Waals surface area (Å²) >= 11 is 0. The van der Waals surface area contributed by atoms with E-state index in [9.17, 15) is 4.79 Å². The predicted octanol–water partition coefficient (Wildman–Crippen LogP) is 1.71. The number of anilines is 2. The second kappa shape index (κ2) is 6.54. The van der Waals surface area contributed by atoms with Crippen molar-refractivity contribution in [1.29, 1.82) is 0 Å². The smallest absolute Gasteiger partial charge is 0.250 e. The Kier molecular flexibility index (Phi) is 4.76. The van der Waals surface area contributed by atoms with Gasteiger partial charge in [-0.05, 0) is 37.5 Å². The van der Waals surface area contributed by atoms with Crippen LogP contribution in [-0.4, -0.2) is 31.8 Å². The van der Waals surface area contributed by atoms with Gasteiger partial charge in [-0.25, -0.2) is 0 Å². The van der Waals surface area contributed by atoms with E-state index in [0.29, 0.717) is 18.0 Å². The maximum Gasteiger partial charge on any atom is 0.250 e. The number of hydrogen-bond acceptors (Lipinski definition) is 4. The third-order valence-electron chi connectivity index (χ3n) is 3.12. The Morgan fingerprint density at radius 2 is 2.42 bits per heavy atom. The van der Waals surface area contributed by atoms with E-state index in [4.69, 9.17) is 15.2 Å². The summed E-state index contributed by atoms with van der Waals surface area (Å²) in [5.41, 5.74) is 8.13. The molecule has 0 aromatic heterocycles. The molecular formula is C14H20N2O3. The van der Waals surface area contributed by atoms with Crippen LogP contribution < -0.4 is 11.1 Å². The average molecular weight is 264 g/mol. The molecule has 1 atom stereocenters. The Hall–Kier alpha value is -1.59. The first-order chi connectivity index (χ1) is 9.15. The Morgan fingerprint density at radius 1 is 1.58 bits per heavy atom. The molecule has 0 aliphatic carbocycles. The van der Waals surface area contributed by atoms with Crippen LogP contribution in [0, 0.1) is 6.92 Å². The normalized spacial score (nSPS) is 18.5. The third kappa shape index (κ3) is 4.22. The molecule has 19 heavy (non-hydrogen) atoms. The van der Waals surface area contributed by atoms with Crippen molar-refractivity contribution in [2.45, 2.75) is 25.9 Å². The molecule has 2 rings (SSSR count). The number of nitrogens with one attached hydrogen (secondary N) is 1. The standard InChI is InChI=1S/C14H20N2O3/c1-10-4-5-11(7-13(10)15)16-14(17)9-18-8-12-3-2-6-19-12/h4-5,7,12H,2-3,6,8-9,15H2,1H3,(H,16,17). The van der Waals surface area contributed by atoms with Crippen LogP contribution in [0.2, 0.25) is 0 Å². The van der Waals surface area contributed by atoms with Gasteiger partial charge in [0, 0.05) is 18.0 Å². The number of hydrogen-bond donors (Lipinski definition) is 2. The van der Waals surface area contributed by atoms with Crippen LogP contribution in [0.15, 0.2) is 18.2 Å². The first-order valence-corrected chi connectivity index (χ1v) is 6.50. The lowest BCUT2D eigenvalue weighted by Crippen LogP contribution is -2.22. The SMILES string of the molecule is Cc1ccc(NC(=O)COCC2CCCO2)cc1N. The molecule has 0 radical (unpaired) electrons. The highest BCUT2D eigenvalue weighted by Gasteiger charge is 2.15. The monoisotopic (exact) mass is 264 g/mol. The van der Waals surface area contributed by atoms with Gasteiger partial charge >= 0.3 is 0 Å². The van der Waals surface area contributed by atoms with Gasteiger partial charge < -0.3 is 20.5 Å². The van der Waals surface area contributed by atoms with Crippen molar-refractivity contribution in [2.24, 2.45) is 0 Å². The minimum Gasteiger partial charge on any atom is -0.398 e. The second-order valence-corrected chi connectivity index (χ2v) is 4.77. The molecule has 0 saturated carbocycles. The minimum absolute atomic E-state index is 0.0354. The lowest BCUT2D eigenvalue weighted by Gasteiger charge is -2.11. The molecule has 0 spiro atoms. The van der Waals surface area contributed by atoms with Crippen LogP contribution in [-0.2, 0) is 14.3 Å². The van der Waals surface area contributed by atoms with Gasteiger partial charge in [-0.3, -0.25) is 4.79 Å². The summed E-state index contributed by atoms with van der Waals surface area (Å²) in [6.45, 7) is 3.23. The van der Waals surface area contributed by atoms with Crippen LogP contribution >= 0.6 is 0 Å². The zero-order chi connectivity index (χ0) is 13.7. The molecule has 1 aromatic carbocycles. The van der Waals surface area contributed by atoms with Crippen LogP contribution in [0.5, 0.6) is 0 Å². The van der Waals surface area contributed by atoms with Gasteiger partial charge in [0.1, 0.15) is 6.61 Å². The van der Waals surface area contributed by atoms with E-state index >= 15 is 0 Å². The highest BCUT2D eigenvalue weighted by atomic mass is 16.5. The van der Waals surface area contributed by atoms with E-state index in [2.05, 4.69) is 5.32 Å². The van der Waals surface area contributed by atoms with Crippen molar-refractivity contribution >= 4 is 17.3 Å². The number of carbonyl (C=O) groups is 1. The topological polar surface area (TPSA) is 73.6 Å². The predicted molar refractivity (Wildman–Crippen MR) is 74.0 cm³/mol. The molecule has 5 heteroatoms. The summed E-state index contributed by atoms with van der Waals surface area (Å²) in [4.78, 5) is 11.7. The Labute approximate surface area is 113 Å². The number of ether oxygens (including phenoxy) is 2. The van der Waals surface area contributed by atoms with Crippen LogP contribution in [0.1, 0.15) is 18.4 Å². The number of benzene rings is 1. The number of nitrogen functional groups attached to an aromatic ring is 1. The zero-order valence-corrected chi connectivity index (χ0v) is 11.1. The molecule has 1 amide bonds. The van der Waals surface area contributed by atoms with Crippen molar-refractivity contribution in [2.75, 3.05) is 30.9 Å². The van der Waals surface area contributed by atoms with Gasteiger partial charge in [-0.1, -0.05) is 6.07 Å². The fourth-order valence-corrected chi connectivity index (χ4v) is 1.97. The van der Waals surface area contributed by atoms with Crippen LogP contribution in [0.4, 0.5) is 11.4 Å². The molecule has 5 nitrogen and oxygen atoms in total. The first-order valence-electron chi connectivity index (χ1n) is 6.50. The van der Waals surface area contributed by atoms with E-state index in [0.717, 1.165) is 25.0 Å². The molecule has 1 saturated heterocycles. The van der Waals surface area contributed by atoms with E-state index in [1.165, 1.54) is 0 Å². The van der Waals surface area contributed by atoms with Gasteiger partial charge in [-0.2, -0.15) is 0 Å². The van der Waals surface area contributed by atoms with Crippen molar-refractivity contribution < 1.29 is 14.3 Å². The van der Waals surface area contributed by atoms with Crippen LogP contribution in [0.3, 0.4) is 0 Å². The molecule has 1 aliphatic rings. The van der Waals surface area contributed by atoms with Crippen molar-refractivity contribution in [3.8, 4) is 0 Å². The molecule has 1 aromatic rings. The van der Waals surface area contributed by atoms with Crippen molar-refractivity contribution in [1.82, 2.24) is 0 Å². The quantitative estimate of drug-likeness (QED) is 0.794. The molecule has 3 N–H and O–H groups in total. The van der Waals surface area contributed by atoms with Gasteiger partial charge in [0.15, 0.2) is 0 Å². The zero-order valence-electron chi connectivity index (χ0n) is 11.1. The summed E-state index contributed by atoms with van der Waals surface area (Å²) in [5.74, 6) is -0.179. The lowest BCUT2D eigenvalue weighted by molar-refractivity contribution is -0.121. The van der Waals surface area contributed by atoms with E-state index < -0.39 is 0 Å². The van der Waals surface area contributed by atoms with Gasteiger partial charge in [-0.15, -0.1) is 0 Å². The lowest BCUT2D eigenvalue weighted by atomic mass is 10.2. The summed E-state index contributed by atoms with van der Waals surface area (Å²) in [5, 5.41) is 2.75. The summed E-state index contributed by atoms with van der Waals surface area (Å²) in [6, 6.07) is 5.44. The summed E-state index contributed by atoms with van der Waals surface area (Å²) < 4.78 is 10.7. The third-order valence-corrected chi connectivity index (χ3v) is 3.12. The maximum absolute atomic E-state index is 11.7. The summed E-state index contributed by atoms with van der Waals surface area (Å²) in [7, 11) is 0. The second-order valence-electron chi connectivity index (χ2n) is 4.77. The fourth-order valence-electron chi connectivity index (χ4n) is 1.97. The Balaban J connectivity index is 1.72. The van der Waals surface area contributed by atoms with E-state index in [-0.39, 0.29) is 18.6 Å². The Bertz CT molecular complexity index is 442. The van der Waals surface area contributed by atoms with Gasteiger partial charge in [0.05, 0.1) is 12.7 Å². The highest BCUT2D eigenvalue weighted by Crippen LogP contribution is 2.17. The van der Waals surface area contributed by atoms with Crippen molar-refractivity contribution in [3.05, 3.63) is 23.8 Å². The molecule has 0 bridgehead atoms. The van der Waals surface area contributed by atoms with Gasteiger partial charge in [0.2, 0.25) is 5.91 Å².